The van der Waals surface area contributed by atoms with Crippen molar-refractivity contribution in [2.45, 2.75) is 16.6 Å². The van der Waals surface area contributed by atoms with Crippen LogP contribution in [0.5, 0.6) is 0 Å². The molecule has 3 aromatic rings. The van der Waals surface area contributed by atoms with E-state index in [-0.39, 0.29) is 23.6 Å². The number of para-hydroxylation sites is 2. The van der Waals surface area contributed by atoms with Gasteiger partial charge in [0, 0.05) is 22.3 Å². The van der Waals surface area contributed by atoms with Crippen LogP contribution in [0.15, 0.2) is 89.8 Å². The summed E-state index contributed by atoms with van der Waals surface area (Å²) in [5.74, 6) is -0.257. The number of nitrogens with one attached hydrogen (secondary N) is 1. The Morgan fingerprint density at radius 1 is 0.929 bits per heavy atom. The fourth-order valence-electron chi connectivity index (χ4n) is 3.27. The van der Waals surface area contributed by atoms with Gasteiger partial charge >= 0.3 is 0 Å². The summed E-state index contributed by atoms with van der Waals surface area (Å²) in [5.41, 5.74) is 2.63. The molecule has 0 saturated carbocycles. The highest BCUT2D eigenvalue weighted by atomic mass is 32.2. The molecular weight excluding hydrogens is 368 g/mol. The molecule has 0 saturated heterocycles. The number of fused-ring (bicyclic) bond motifs is 1. The summed E-state index contributed by atoms with van der Waals surface area (Å²) in [4.78, 5) is 28.3. The fraction of sp³-hybridized carbons (Fsp3) is 0.130. The first-order valence-corrected chi connectivity index (χ1v) is 10.0. The van der Waals surface area contributed by atoms with Crippen LogP contribution in [0.4, 0.5) is 11.4 Å². The second kappa shape index (κ2) is 8.31. The molecule has 1 aliphatic rings. The van der Waals surface area contributed by atoms with Gasteiger partial charge in [0.25, 0.3) is 0 Å². The maximum absolute atomic E-state index is 13.1. The van der Waals surface area contributed by atoms with E-state index in [1.54, 1.807) is 16.7 Å². The van der Waals surface area contributed by atoms with Crippen molar-refractivity contribution in [3.8, 4) is 0 Å². The molecule has 4 nitrogen and oxygen atoms in total. The Morgan fingerprint density at radius 2 is 1.57 bits per heavy atom. The molecular formula is C23H20N2O2S. The van der Waals surface area contributed by atoms with Gasteiger partial charge in [-0.1, -0.05) is 60.7 Å². The molecule has 5 heteroatoms. The molecule has 0 aromatic heterocycles. The number of carbonyl (C=O) groups excluding carboxylic acids is 2. The highest BCUT2D eigenvalue weighted by Gasteiger charge is 2.30. The number of amides is 2. The maximum Gasteiger partial charge on any atom is 0.244 e. The minimum atomic E-state index is -0.211. The van der Waals surface area contributed by atoms with Crippen molar-refractivity contribution in [1.29, 1.82) is 0 Å². The molecule has 0 spiro atoms. The van der Waals surface area contributed by atoms with Crippen molar-refractivity contribution in [3.05, 3.63) is 90.5 Å². The topological polar surface area (TPSA) is 49.4 Å². The minimum absolute atomic E-state index is 0.00713. The zero-order valence-corrected chi connectivity index (χ0v) is 16.1. The lowest BCUT2D eigenvalue weighted by Gasteiger charge is -2.22. The van der Waals surface area contributed by atoms with Crippen LogP contribution in [0.1, 0.15) is 17.2 Å². The van der Waals surface area contributed by atoms with Crippen LogP contribution >= 0.6 is 11.8 Å². The first-order valence-electron chi connectivity index (χ1n) is 9.16. The van der Waals surface area contributed by atoms with E-state index in [2.05, 4.69) is 5.32 Å². The van der Waals surface area contributed by atoms with Crippen LogP contribution in [0, 0.1) is 0 Å². The summed E-state index contributed by atoms with van der Waals surface area (Å²) in [6.45, 7) is -0.00713. The quantitative estimate of drug-likeness (QED) is 0.692. The summed E-state index contributed by atoms with van der Waals surface area (Å²) >= 11 is 1.68. The zero-order chi connectivity index (χ0) is 19.3. The van der Waals surface area contributed by atoms with Crippen LogP contribution in [-0.4, -0.2) is 18.4 Å². The predicted molar refractivity (Wildman–Crippen MR) is 114 cm³/mol. The number of hydrogen-bond donors (Lipinski definition) is 1. The second-order valence-electron chi connectivity index (χ2n) is 6.58. The molecule has 2 amide bonds. The van der Waals surface area contributed by atoms with E-state index >= 15 is 0 Å². The van der Waals surface area contributed by atoms with E-state index in [1.807, 2.05) is 84.9 Å². The van der Waals surface area contributed by atoms with Crippen LogP contribution in [0.3, 0.4) is 0 Å². The molecule has 0 bridgehead atoms. The lowest BCUT2D eigenvalue weighted by molar-refractivity contribution is -0.121. The fourth-order valence-corrected chi connectivity index (χ4v) is 4.55. The molecule has 28 heavy (non-hydrogen) atoms. The largest absolute Gasteiger partial charge is 0.325 e. The third-order valence-electron chi connectivity index (χ3n) is 4.62. The Labute approximate surface area is 168 Å². The SMILES string of the molecule is O=C(CN1C(=O)C[C@@H](c2ccccc2)Sc2ccccc21)Nc1ccccc1. The van der Waals surface area contributed by atoms with E-state index in [1.165, 1.54) is 0 Å². The van der Waals surface area contributed by atoms with Crippen molar-refractivity contribution in [2.24, 2.45) is 0 Å². The molecule has 0 radical (unpaired) electrons. The lowest BCUT2D eigenvalue weighted by Crippen LogP contribution is -2.38. The number of nitrogens with zero attached hydrogens (tertiary/aromatic N) is 1. The van der Waals surface area contributed by atoms with Gasteiger partial charge in [0.1, 0.15) is 6.54 Å². The summed E-state index contributed by atoms with van der Waals surface area (Å²) in [6.07, 6.45) is 0.349. The van der Waals surface area contributed by atoms with Crippen LogP contribution < -0.4 is 10.2 Å². The number of hydrogen-bond acceptors (Lipinski definition) is 3. The number of thioether (sulfide) groups is 1. The molecule has 1 N–H and O–H groups in total. The van der Waals surface area contributed by atoms with Crippen molar-refractivity contribution in [3.63, 3.8) is 0 Å². The van der Waals surface area contributed by atoms with Gasteiger partial charge < -0.3 is 10.2 Å². The maximum atomic E-state index is 13.1. The molecule has 1 heterocycles. The standard InChI is InChI=1S/C23H20N2O2S/c26-22(24-18-11-5-2-6-12-18)16-25-19-13-7-8-14-20(19)28-21(15-23(25)27)17-9-3-1-4-10-17/h1-14,21H,15-16H2,(H,24,26)/t21-/m0/s1. The molecule has 1 aliphatic heterocycles. The van der Waals surface area contributed by atoms with Crippen molar-refractivity contribution in [1.82, 2.24) is 0 Å². The highest BCUT2D eigenvalue weighted by molar-refractivity contribution is 7.99. The van der Waals surface area contributed by atoms with Gasteiger partial charge in [-0.2, -0.15) is 0 Å². The molecule has 3 aromatic carbocycles. The van der Waals surface area contributed by atoms with E-state index in [0.717, 1.165) is 21.8 Å². The average molecular weight is 388 g/mol. The van der Waals surface area contributed by atoms with Crippen molar-refractivity contribution in [2.75, 3.05) is 16.8 Å². The van der Waals surface area contributed by atoms with Gasteiger partial charge in [-0.25, -0.2) is 0 Å². The molecule has 1 atom stereocenters. The van der Waals surface area contributed by atoms with Gasteiger partial charge in [0.05, 0.1) is 5.69 Å². The molecule has 4 rings (SSSR count). The molecule has 0 fully saturated rings. The first kappa shape index (κ1) is 18.3. The minimum Gasteiger partial charge on any atom is -0.325 e. The van der Waals surface area contributed by atoms with Crippen LogP contribution in [0.2, 0.25) is 0 Å². The second-order valence-corrected chi connectivity index (χ2v) is 7.83. The number of carbonyl (C=O) groups is 2. The van der Waals surface area contributed by atoms with Gasteiger partial charge in [0.2, 0.25) is 11.8 Å². The first-order chi connectivity index (χ1) is 13.7. The summed E-state index contributed by atoms with van der Waals surface area (Å²) in [6, 6.07) is 27.1. The molecule has 140 valence electrons. The van der Waals surface area contributed by atoms with Crippen molar-refractivity contribution < 1.29 is 9.59 Å². The Bertz CT molecular complexity index is 976. The Hall–Kier alpha value is -3.05. The van der Waals surface area contributed by atoms with Gasteiger partial charge in [-0.3, -0.25) is 9.59 Å². The summed E-state index contributed by atoms with van der Waals surface area (Å²) in [5, 5.41) is 2.89. The third-order valence-corrected chi connectivity index (χ3v) is 5.94. The van der Waals surface area contributed by atoms with Gasteiger partial charge in [-0.05, 0) is 29.8 Å². The monoisotopic (exact) mass is 388 g/mol. The third kappa shape index (κ3) is 4.10. The normalized spacial score (nSPS) is 16.2. The summed E-state index contributed by atoms with van der Waals surface area (Å²) in [7, 11) is 0. The summed E-state index contributed by atoms with van der Waals surface area (Å²) < 4.78 is 0. The van der Waals surface area contributed by atoms with Crippen LogP contribution in [0.25, 0.3) is 0 Å². The Morgan fingerprint density at radius 3 is 2.32 bits per heavy atom. The smallest absolute Gasteiger partial charge is 0.244 e. The zero-order valence-electron chi connectivity index (χ0n) is 15.2. The Balaban J connectivity index is 1.59. The molecule has 0 aliphatic carbocycles. The van der Waals surface area contributed by atoms with Crippen molar-refractivity contribution >= 4 is 35.0 Å². The Kier molecular flexibility index (Phi) is 5.44. The van der Waals surface area contributed by atoms with E-state index in [9.17, 15) is 9.59 Å². The van der Waals surface area contributed by atoms with E-state index in [4.69, 9.17) is 0 Å². The number of anilines is 2. The highest BCUT2D eigenvalue weighted by Crippen LogP contribution is 2.45. The van der Waals surface area contributed by atoms with Crippen LogP contribution in [-0.2, 0) is 9.59 Å². The van der Waals surface area contributed by atoms with Gasteiger partial charge in [0.15, 0.2) is 0 Å². The lowest BCUT2D eigenvalue weighted by atomic mass is 10.1. The molecule has 0 unspecified atom stereocenters. The average Bonchev–Trinajstić information content (AvgIpc) is 2.86. The number of benzene rings is 3. The van der Waals surface area contributed by atoms with E-state index < -0.39 is 0 Å². The number of rotatable bonds is 4. The van der Waals surface area contributed by atoms with Gasteiger partial charge in [-0.15, -0.1) is 11.8 Å². The van der Waals surface area contributed by atoms with E-state index in [0.29, 0.717) is 6.42 Å². The predicted octanol–water partition coefficient (Wildman–Crippen LogP) is 4.90.